The third-order valence-corrected chi connectivity index (χ3v) is 4.76. The van der Waals surface area contributed by atoms with Crippen molar-refractivity contribution in [3.63, 3.8) is 0 Å². The van der Waals surface area contributed by atoms with E-state index in [9.17, 15) is 13.6 Å². The summed E-state index contributed by atoms with van der Waals surface area (Å²) in [4.78, 5) is 20.6. The molecule has 0 saturated carbocycles. The molecule has 0 saturated heterocycles. The van der Waals surface area contributed by atoms with E-state index >= 15 is 0 Å². The van der Waals surface area contributed by atoms with Crippen LogP contribution in [0.4, 0.5) is 8.78 Å². The average molecular weight is 384 g/mol. The lowest BCUT2D eigenvalue weighted by atomic mass is 10.0. The summed E-state index contributed by atoms with van der Waals surface area (Å²) in [5.74, 6) is -0.702. The number of hydrogen-bond acceptors (Lipinski definition) is 5. The van der Waals surface area contributed by atoms with Gasteiger partial charge >= 0.3 is 6.43 Å². The van der Waals surface area contributed by atoms with Crippen molar-refractivity contribution in [1.82, 2.24) is 20.4 Å². The van der Waals surface area contributed by atoms with Crippen LogP contribution >= 0.6 is 0 Å². The van der Waals surface area contributed by atoms with E-state index in [4.69, 9.17) is 0 Å². The summed E-state index contributed by atoms with van der Waals surface area (Å²) in [6.45, 7) is 3.71. The number of carbonyl (C=O) groups excluding carboxylic acids is 1. The molecule has 0 radical (unpaired) electrons. The molecule has 0 spiro atoms. The molecule has 28 heavy (non-hydrogen) atoms. The van der Waals surface area contributed by atoms with E-state index in [0.29, 0.717) is 11.1 Å². The highest BCUT2D eigenvalue weighted by Gasteiger charge is 2.26. The summed E-state index contributed by atoms with van der Waals surface area (Å²) < 4.78 is 29.8. The molecule has 1 aliphatic carbocycles. The molecule has 1 N–H and O–H groups in total. The number of rotatable bonds is 4. The summed E-state index contributed by atoms with van der Waals surface area (Å²) in [5, 5.41) is 6.68. The topological polar surface area (TPSA) is 80.9 Å². The Hall–Kier alpha value is -3.16. The van der Waals surface area contributed by atoms with E-state index < -0.39 is 12.3 Å². The predicted octanol–water partition coefficient (Wildman–Crippen LogP) is 4.10. The first-order chi connectivity index (χ1) is 13.4. The monoisotopic (exact) mass is 384 g/mol. The molecule has 1 unspecified atom stereocenters. The van der Waals surface area contributed by atoms with Crippen LogP contribution in [-0.4, -0.2) is 21.0 Å². The number of fused-ring (bicyclic) bond motifs is 1. The van der Waals surface area contributed by atoms with Crippen LogP contribution in [0.25, 0.3) is 11.4 Å². The fraction of sp³-hybridized carbons (Fsp3) is 0.300. The number of alkyl halides is 2. The van der Waals surface area contributed by atoms with E-state index in [-0.39, 0.29) is 17.8 Å². The van der Waals surface area contributed by atoms with Crippen LogP contribution < -0.4 is 5.32 Å². The Balaban J connectivity index is 1.53. The average Bonchev–Trinajstić information content (AvgIpc) is 3.28. The van der Waals surface area contributed by atoms with Gasteiger partial charge in [-0.1, -0.05) is 17.3 Å². The highest BCUT2D eigenvalue weighted by Crippen LogP contribution is 2.34. The van der Waals surface area contributed by atoms with E-state index in [2.05, 4.69) is 25.0 Å². The smallest absolute Gasteiger partial charge is 0.315 e. The molecular formula is C20H18F2N4O2. The number of amides is 1. The number of aromatic nitrogens is 3. The van der Waals surface area contributed by atoms with Crippen molar-refractivity contribution in [2.75, 3.05) is 0 Å². The summed E-state index contributed by atoms with van der Waals surface area (Å²) in [6, 6.07) is 8.92. The summed E-state index contributed by atoms with van der Waals surface area (Å²) in [6.07, 6.45) is -1.26. The second-order valence-electron chi connectivity index (χ2n) is 6.87. The molecule has 0 fully saturated rings. The van der Waals surface area contributed by atoms with Crippen molar-refractivity contribution in [2.45, 2.75) is 39.2 Å². The summed E-state index contributed by atoms with van der Waals surface area (Å²) in [5.41, 5.74) is 4.84. The summed E-state index contributed by atoms with van der Waals surface area (Å²) >= 11 is 0. The quantitative estimate of drug-likeness (QED) is 0.732. The number of halogens is 2. The Morgan fingerprint density at radius 1 is 1.18 bits per heavy atom. The molecule has 3 aromatic rings. The lowest BCUT2D eigenvalue weighted by Crippen LogP contribution is -2.27. The van der Waals surface area contributed by atoms with Crippen LogP contribution in [0.3, 0.4) is 0 Å². The third kappa shape index (κ3) is 3.49. The molecule has 1 aliphatic rings. The third-order valence-electron chi connectivity index (χ3n) is 4.76. The van der Waals surface area contributed by atoms with Gasteiger partial charge in [0.2, 0.25) is 5.82 Å². The van der Waals surface area contributed by atoms with E-state index in [0.717, 1.165) is 35.4 Å². The van der Waals surface area contributed by atoms with E-state index in [1.165, 1.54) is 0 Å². The van der Waals surface area contributed by atoms with Gasteiger partial charge in [0.1, 0.15) is 0 Å². The Morgan fingerprint density at radius 2 is 1.93 bits per heavy atom. The van der Waals surface area contributed by atoms with Crippen molar-refractivity contribution in [2.24, 2.45) is 0 Å². The van der Waals surface area contributed by atoms with Gasteiger partial charge in [0, 0.05) is 22.5 Å². The summed E-state index contributed by atoms with van der Waals surface area (Å²) in [7, 11) is 0. The highest BCUT2D eigenvalue weighted by molar-refractivity contribution is 5.94. The molecule has 0 bridgehead atoms. The Bertz CT molecular complexity index is 1030. The molecule has 8 heteroatoms. The van der Waals surface area contributed by atoms with Crippen LogP contribution in [0.1, 0.15) is 57.7 Å². The van der Waals surface area contributed by atoms with Gasteiger partial charge in [0.25, 0.3) is 11.8 Å². The lowest BCUT2D eigenvalue weighted by molar-refractivity contribution is 0.0936. The van der Waals surface area contributed by atoms with Crippen molar-refractivity contribution < 1.29 is 18.1 Å². The molecule has 1 amide bonds. The van der Waals surface area contributed by atoms with Crippen molar-refractivity contribution in [1.29, 1.82) is 0 Å². The molecule has 1 atom stereocenters. The minimum absolute atomic E-state index is 0.104. The van der Waals surface area contributed by atoms with Gasteiger partial charge in [0.15, 0.2) is 0 Å². The van der Waals surface area contributed by atoms with Gasteiger partial charge in [-0.25, -0.2) is 0 Å². The molecule has 2 aromatic heterocycles. The highest BCUT2D eigenvalue weighted by atomic mass is 19.3. The van der Waals surface area contributed by atoms with Crippen LogP contribution in [0, 0.1) is 13.8 Å². The molecule has 4 rings (SSSR count). The minimum atomic E-state index is -2.80. The minimum Gasteiger partial charge on any atom is -0.345 e. The fourth-order valence-corrected chi connectivity index (χ4v) is 3.55. The number of hydrogen-bond donors (Lipinski definition) is 1. The normalized spacial score (nSPS) is 15.7. The number of aryl methyl sites for hydroxylation is 3. The first-order valence-electron chi connectivity index (χ1n) is 8.92. The Kier molecular flexibility index (Phi) is 4.62. The van der Waals surface area contributed by atoms with Gasteiger partial charge in [-0.15, -0.1) is 0 Å². The SMILES string of the molecule is Cc1cc(C(=O)NC2CCc3cc(-c4noc(C(F)F)n4)ccc32)cc(C)n1. The Labute approximate surface area is 160 Å². The van der Waals surface area contributed by atoms with Crippen LogP contribution in [0.5, 0.6) is 0 Å². The first-order valence-corrected chi connectivity index (χ1v) is 8.92. The molecule has 6 nitrogen and oxygen atoms in total. The van der Waals surface area contributed by atoms with E-state index in [1.807, 2.05) is 26.0 Å². The number of nitrogens with zero attached hydrogens (tertiary/aromatic N) is 3. The maximum Gasteiger partial charge on any atom is 0.315 e. The molecule has 1 aromatic carbocycles. The van der Waals surface area contributed by atoms with Crippen molar-refractivity contribution >= 4 is 5.91 Å². The van der Waals surface area contributed by atoms with Crippen LogP contribution in [0.2, 0.25) is 0 Å². The number of carbonyl (C=O) groups is 1. The zero-order valence-corrected chi connectivity index (χ0v) is 15.4. The fourth-order valence-electron chi connectivity index (χ4n) is 3.55. The van der Waals surface area contributed by atoms with Gasteiger partial charge < -0.3 is 9.84 Å². The van der Waals surface area contributed by atoms with Gasteiger partial charge in [-0.05, 0) is 56.0 Å². The standard InChI is InChI=1S/C20H18F2N4O2/c1-10-7-14(8-11(2)23-10)19(27)24-16-6-4-12-9-13(3-5-15(12)16)18-25-20(17(21)22)28-26-18/h3,5,7-9,16-17H,4,6H2,1-2H3,(H,24,27). The molecule has 144 valence electrons. The second kappa shape index (κ2) is 7.10. The lowest BCUT2D eigenvalue weighted by Gasteiger charge is -2.15. The van der Waals surface area contributed by atoms with Crippen molar-refractivity contribution in [3.05, 3.63) is 64.3 Å². The van der Waals surface area contributed by atoms with Gasteiger partial charge in [-0.3, -0.25) is 9.78 Å². The first kappa shape index (κ1) is 18.2. The Morgan fingerprint density at radius 3 is 2.61 bits per heavy atom. The van der Waals surface area contributed by atoms with E-state index in [1.54, 1.807) is 18.2 Å². The molecular weight excluding hydrogens is 366 g/mol. The predicted molar refractivity (Wildman–Crippen MR) is 96.9 cm³/mol. The zero-order chi connectivity index (χ0) is 19.8. The maximum absolute atomic E-state index is 12.6. The van der Waals surface area contributed by atoms with Crippen LogP contribution in [0.15, 0.2) is 34.9 Å². The number of pyridine rings is 1. The second-order valence-corrected chi connectivity index (χ2v) is 6.87. The molecule has 2 heterocycles. The van der Waals surface area contributed by atoms with Gasteiger partial charge in [-0.2, -0.15) is 13.8 Å². The largest absolute Gasteiger partial charge is 0.345 e. The number of benzene rings is 1. The van der Waals surface area contributed by atoms with Crippen LogP contribution in [-0.2, 0) is 6.42 Å². The van der Waals surface area contributed by atoms with Crippen molar-refractivity contribution in [3.8, 4) is 11.4 Å². The zero-order valence-electron chi connectivity index (χ0n) is 15.4. The molecule has 0 aliphatic heterocycles. The maximum atomic E-state index is 12.6. The number of nitrogens with one attached hydrogen (secondary N) is 1. The van der Waals surface area contributed by atoms with Gasteiger partial charge in [0.05, 0.1) is 6.04 Å².